The molecule has 2 aromatic carbocycles. The molecule has 0 N–H and O–H groups in total. The summed E-state index contributed by atoms with van der Waals surface area (Å²) >= 11 is 5.97. The van der Waals surface area contributed by atoms with E-state index in [2.05, 4.69) is 4.90 Å². The molecule has 1 aliphatic rings. The topological polar surface area (TPSA) is 66.7 Å². The molecule has 7 heteroatoms. The number of halogens is 1. The Kier molecular flexibility index (Phi) is 5.73. The van der Waals surface area contributed by atoms with Crippen LogP contribution >= 0.6 is 11.6 Å². The second kappa shape index (κ2) is 8.19. The molecule has 0 spiro atoms. The number of carbonyl (C=O) groups is 1. The van der Waals surface area contributed by atoms with Gasteiger partial charge in [-0.25, -0.2) is 0 Å². The van der Waals surface area contributed by atoms with Crippen molar-refractivity contribution in [3.8, 4) is 0 Å². The molecule has 1 amide bonds. The van der Waals surface area contributed by atoms with Crippen LogP contribution in [-0.4, -0.2) is 41.9 Å². The van der Waals surface area contributed by atoms with E-state index in [0.717, 1.165) is 24.3 Å². The van der Waals surface area contributed by atoms with Crippen LogP contribution in [0.15, 0.2) is 48.5 Å². The number of aryl methyl sites for hydroxylation is 1. The van der Waals surface area contributed by atoms with E-state index in [1.165, 1.54) is 12.1 Å². The molecule has 0 aliphatic carbocycles. The van der Waals surface area contributed by atoms with Gasteiger partial charge in [0.05, 0.1) is 4.92 Å². The van der Waals surface area contributed by atoms with Crippen LogP contribution in [0, 0.1) is 10.1 Å². The number of piperazine rings is 1. The number of amides is 1. The van der Waals surface area contributed by atoms with Crippen molar-refractivity contribution in [3.05, 3.63) is 69.2 Å². The number of hydrogen-bond acceptors (Lipinski definition) is 4. The quantitative estimate of drug-likeness (QED) is 0.594. The highest BCUT2D eigenvalue weighted by Gasteiger charge is 2.21. The molecule has 136 valence electrons. The molecule has 3 rings (SSSR count). The van der Waals surface area contributed by atoms with Crippen molar-refractivity contribution in [1.82, 2.24) is 4.90 Å². The molecule has 1 aliphatic heterocycles. The molecule has 0 saturated carbocycles. The highest BCUT2D eigenvalue weighted by atomic mass is 35.5. The minimum absolute atomic E-state index is 0.0866. The maximum absolute atomic E-state index is 12.4. The predicted molar refractivity (Wildman–Crippen MR) is 102 cm³/mol. The van der Waals surface area contributed by atoms with Crippen molar-refractivity contribution >= 4 is 28.9 Å². The lowest BCUT2D eigenvalue weighted by Crippen LogP contribution is -2.48. The van der Waals surface area contributed by atoms with E-state index in [1.807, 2.05) is 29.2 Å². The molecule has 6 nitrogen and oxygen atoms in total. The lowest BCUT2D eigenvalue weighted by Gasteiger charge is -2.36. The van der Waals surface area contributed by atoms with Crippen molar-refractivity contribution in [2.45, 2.75) is 12.8 Å². The number of rotatable bonds is 5. The zero-order chi connectivity index (χ0) is 18.5. The average Bonchev–Trinajstić information content (AvgIpc) is 2.66. The summed E-state index contributed by atoms with van der Waals surface area (Å²) in [6.07, 6.45) is 1.15. The maximum atomic E-state index is 12.4. The van der Waals surface area contributed by atoms with Crippen LogP contribution in [0.1, 0.15) is 12.0 Å². The van der Waals surface area contributed by atoms with Gasteiger partial charge >= 0.3 is 0 Å². The van der Waals surface area contributed by atoms with Gasteiger partial charge in [-0.15, -0.1) is 0 Å². The van der Waals surface area contributed by atoms with Crippen LogP contribution in [0.25, 0.3) is 0 Å². The maximum Gasteiger partial charge on any atom is 0.269 e. The highest BCUT2D eigenvalue weighted by molar-refractivity contribution is 6.30. The molecule has 1 saturated heterocycles. The van der Waals surface area contributed by atoms with E-state index in [9.17, 15) is 14.9 Å². The zero-order valence-electron chi connectivity index (χ0n) is 14.3. The Balaban J connectivity index is 1.49. The van der Waals surface area contributed by atoms with Gasteiger partial charge in [-0.2, -0.15) is 0 Å². The van der Waals surface area contributed by atoms with E-state index in [4.69, 9.17) is 11.6 Å². The van der Waals surface area contributed by atoms with Gasteiger partial charge < -0.3 is 9.80 Å². The van der Waals surface area contributed by atoms with E-state index in [0.29, 0.717) is 31.0 Å². The number of nitro groups is 1. The van der Waals surface area contributed by atoms with Gasteiger partial charge in [0.25, 0.3) is 5.69 Å². The molecule has 2 aromatic rings. The fraction of sp³-hybridized carbons (Fsp3) is 0.316. The molecule has 0 unspecified atom stereocenters. The largest absolute Gasteiger partial charge is 0.368 e. The van der Waals surface area contributed by atoms with E-state index in [-0.39, 0.29) is 11.6 Å². The molecule has 0 bridgehead atoms. The molecular weight excluding hydrogens is 354 g/mol. The standard InChI is InChI=1S/C19H20ClN3O3/c20-16-3-1-2-15(14-16)4-9-19(24)22-12-10-21(11-13-22)17-5-7-18(8-6-17)23(25)26/h1-3,5-8,14H,4,9-13H2. The fourth-order valence-corrected chi connectivity index (χ4v) is 3.31. The molecule has 0 radical (unpaired) electrons. The molecule has 26 heavy (non-hydrogen) atoms. The fourth-order valence-electron chi connectivity index (χ4n) is 3.10. The van der Waals surface area contributed by atoms with Crippen LogP contribution in [0.2, 0.25) is 5.02 Å². The van der Waals surface area contributed by atoms with Crippen LogP contribution in [0.5, 0.6) is 0 Å². The first-order valence-electron chi connectivity index (χ1n) is 8.54. The predicted octanol–water partition coefficient (Wildman–Crippen LogP) is 3.53. The van der Waals surface area contributed by atoms with Crippen LogP contribution in [0.3, 0.4) is 0 Å². The summed E-state index contributed by atoms with van der Waals surface area (Å²) in [5, 5.41) is 11.4. The average molecular weight is 374 g/mol. The Labute approximate surface area is 157 Å². The highest BCUT2D eigenvalue weighted by Crippen LogP contribution is 2.21. The minimum atomic E-state index is -0.402. The lowest BCUT2D eigenvalue weighted by molar-refractivity contribution is -0.384. The number of non-ortho nitro benzene ring substituents is 1. The third-order valence-electron chi connectivity index (χ3n) is 4.57. The summed E-state index contributed by atoms with van der Waals surface area (Å²) in [6.45, 7) is 2.76. The Morgan fingerprint density at radius 2 is 1.77 bits per heavy atom. The van der Waals surface area contributed by atoms with Gasteiger partial charge in [0, 0.05) is 55.4 Å². The SMILES string of the molecule is O=C(CCc1cccc(Cl)c1)N1CCN(c2ccc([N+](=O)[O-])cc2)CC1. The van der Waals surface area contributed by atoms with Gasteiger partial charge in [0.2, 0.25) is 5.91 Å². The molecule has 0 atom stereocenters. The second-order valence-electron chi connectivity index (χ2n) is 6.27. The van der Waals surface area contributed by atoms with E-state index >= 15 is 0 Å². The Morgan fingerprint density at radius 1 is 1.08 bits per heavy atom. The van der Waals surface area contributed by atoms with Gasteiger partial charge in [0.1, 0.15) is 0 Å². The van der Waals surface area contributed by atoms with E-state index < -0.39 is 4.92 Å². The van der Waals surface area contributed by atoms with Crippen molar-refractivity contribution in [3.63, 3.8) is 0 Å². The zero-order valence-corrected chi connectivity index (χ0v) is 15.1. The number of nitro benzene ring substituents is 1. The van der Waals surface area contributed by atoms with Gasteiger partial charge in [-0.3, -0.25) is 14.9 Å². The van der Waals surface area contributed by atoms with Gasteiger partial charge in [-0.05, 0) is 36.2 Å². The first-order valence-corrected chi connectivity index (χ1v) is 8.92. The van der Waals surface area contributed by atoms with Crippen LogP contribution in [-0.2, 0) is 11.2 Å². The Morgan fingerprint density at radius 3 is 2.38 bits per heavy atom. The summed E-state index contributed by atoms with van der Waals surface area (Å²) < 4.78 is 0. The smallest absolute Gasteiger partial charge is 0.269 e. The first-order chi connectivity index (χ1) is 12.5. The summed E-state index contributed by atoms with van der Waals surface area (Å²) in [6, 6.07) is 14.1. The van der Waals surface area contributed by atoms with Crippen LogP contribution in [0.4, 0.5) is 11.4 Å². The monoisotopic (exact) mass is 373 g/mol. The number of benzene rings is 2. The minimum Gasteiger partial charge on any atom is -0.368 e. The Bertz CT molecular complexity index is 787. The van der Waals surface area contributed by atoms with Crippen molar-refractivity contribution in [2.24, 2.45) is 0 Å². The Hall–Kier alpha value is -2.60. The normalized spacial score (nSPS) is 14.3. The molecular formula is C19H20ClN3O3. The second-order valence-corrected chi connectivity index (χ2v) is 6.71. The molecule has 0 aromatic heterocycles. The summed E-state index contributed by atoms with van der Waals surface area (Å²) in [7, 11) is 0. The number of hydrogen-bond donors (Lipinski definition) is 0. The molecule has 1 heterocycles. The summed E-state index contributed by atoms with van der Waals surface area (Å²) in [5.74, 6) is 0.147. The third kappa shape index (κ3) is 4.52. The van der Waals surface area contributed by atoms with Crippen molar-refractivity contribution < 1.29 is 9.72 Å². The molecule has 1 fully saturated rings. The lowest BCUT2D eigenvalue weighted by atomic mass is 10.1. The van der Waals surface area contributed by atoms with Gasteiger partial charge in [-0.1, -0.05) is 23.7 Å². The third-order valence-corrected chi connectivity index (χ3v) is 4.81. The number of nitrogens with zero attached hydrogens (tertiary/aromatic N) is 3. The van der Waals surface area contributed by atoms with E-state index in [1.54, 1.807) is 12.1 Å². The van der Waals surface area contributed by atoms with Crippen molar-refractivity contribution in [2.75, 3.05) is 31.1 Å². The number of anilines is 1. The summed E-state index contributed by atoms with van der Waals surface area (Å²) in [4.78, 5) is 26.8. The first kappa shape index (κ1) is 18.2. The van der Waals surface area contributed by atoms with Gasteiger partial charge in [0.15, 0.2) is 0 Å². The van der Waals surface area contributed by atoms with Crippen molar-refractivity contribution in [1.29, 1.82) is 0 Å². The number of carbonyl (C=O) groups excluding carboxylic acids is 1. The summed E-state index contributed by atoms with van der Waals surface area (Å²) in [5.41, 5.74) is 2.10. The van der Waals surface area contributed by atoms with Crippen LogP contribution < -0.4 is 4.90 Å².